The van der Waals surface area contributed by atoms with Crippen molar-refractivity contribution in [1.82, 2.24) is 0 Å². The van der Waals surface area contributed by atoms with Crippen molar-refractivity contribution in [2.45, 2.75) is 13.2 Å². The van der Waals surface area contributed by atoms with Gasteiger partial charge in [0.1, 0.15) is 0 Å². The molecule has 0 bridgehead atoms. The van der Waals surface area contributed by atoms with Crippen molar-refractivity contribution in [2.75, 3.05) is 7.11 Å². The summed E-state index contributed by atoms with van der Waals surface area (Å²) >= 11 is 0. The first-order chi connectivity index (χ1) is 8.31. The Morgan fingerprint density at radius 1 is 0.941 bits per heavy atom. The van der Waals surface area contributed by atoms with Gasteiger partial charge >= 0.3 is 6.92 Å². The van der Waals surface area contributed by atoms with Gasteiger partial charge in [-0.1, -0.05) is 54.6 Å². The summed E-state index contributed by atoms with van der Waals surface area (Å²) in [7, 11) is 1.77. The van der Waals surface area contributed by atoms with Gasteiger partial charge < -0.3 is 4.65 Å². The predicted molar refractivity (Wildman–Crippen MR) is 73.7 cm³/mol. The third-order valence-corrected chi connectivity index (χ3v) is 3.12. The summed E-state index contributed by atoms with van der Waals surface area (Å²) in [5.74, 6) is 0. The van der Waals surface area contributed by atoms with Crippen LogP contribution < -0.4 is 5.46 Å². The van der Waals surface area contributed by atoms with Crippen molar-refractivity contribution in [1.29, 1.82) is 0 Å². The molecule has 0 heterocycles. The third-order valence-electron chi connectivity index (χ3n) is 3.12. The lowest BCUT2D eigenvalue weighted by Crippen LogP contribution is -2.35. The quantitative estimate of drug-likeness (QED) is 0.725. The minimum atomic E-state index is 0.136. The molecule has 0 unspecified atom stereocenters. The summed E-state index contributed by atoms with van der Waals surface area (Å²) in [5.41, 5.74) is 3.91. The van der Waals surface area contributed by atoms with Gasteiger partial charge in [0.2, 0.25) is 0 Å². The standard InChI is InChI=1S/C15H17BO/c1-13-8-6-7-9-14(13)12-16(17-2)15-10-4-3-5-11-15/h3-11H,12H2,1-2H3. The fourth-order valence-corrected chi connectivity index (χ4v) is 2.04. The molecule has 0 fully saturated rings. The molecule has 2 aromatic rings. The molecule has 2 heteroatoms. The summed E-state index contributed by atoms with van der Waals surface area (Å²) in [6.07, 6.45) is 0.924. The molecule has 0 radical (unpaired) electrons. The van der Waals surface area contributed by atoms with Crippen molar-refractivity contribution in [3.8, 4) is 0 Å². The molecule has 0 aliphatic carbocycles. The Labute approximate surface area is 104 Å². The molecule has 0 N–H and O–H groups in total. The lowest BCUT2D eigenvalue weighted by Gasteiger charge is -2.13. The molecular formula is C15H17BO. The summed E-state index contributed by atoms with van der Waals surface area (Å²) in [4.78, 5) is 0. The zero-order valence-corrected chi connectivity index (χ0v) is 10.4. The first-order valence-corrected chi connectivity index (χ1v) is 5.93. The van der Waals surface area contributed by atoms with Gasteiger partial charge in [0.25, 0.3) is 0 Å². The lowest BCUT2D eigenvalue weighted by molar-refractivity contribution is 0.428. The third kappa shape index (κ3) is 2.98. The Hall–Kier alpha value is -1.54. The van der Waals surface area contributed by atoms with Gasteiger partial charge in [0.05, 0.1) is 0 Å². The predicted octanol–water partition coefficient (Wildman–Crippen LogP) is 2.62. The second-order valence-electron chi connectivity index (χ2n) is 4.27. The average Bonchev–Trinajstić information content (AvgIpc) is 2.39. The Morgan fingerprint density at radius 2 is 1.59 bits per heavy atom. The fraction of sp³-hybridized carbons (Fsp3) is 0.200. The van der Waals surface area contributed by atoms with Crippen LogP contribution in [0.3, 0.4) is 0 Å². The highest BCUT2D eigenvalue weighted by Gasteiger charge is 2.17. The second-order valence-corrected chi connectivity index (χ2v) is 4.27. The zero-order chi connectivity index (χ0) is 12.1. The highest BCUT2D eigenvalue weighted by atomic mass is 16.4. The van der Waals surface area contributed by atoms with Gasteiger partial charge in [-0.25, -0.2) is 0 Å². The van der Waals surface area contributed by atoms with E-state index in [1.807, 2.05) is 6.07 Å². The minimum absolute atomic E-state index is 0.136. The highest BCUT2D eigenvalue weighted by molar-refractivity contribution is 6.66. The van der Waals surface area contributed by atoms with Gasteiger partial charge in [0, 0.05) is 7.11 Å². The van der Waals surface area contributed by atoms with Gasteiger partial charge in [-0.3, -0.25) is 0 Å². The molecule has 2 aromatic carbocycles. The van der Waals surface area contributed by atoms with Crippen molar-refractivity contribution >= 4 is 12.4 Å². The molecule has 0 aromatic heterocycles. The van der Waals surface area contributed by atoms with Crippen LogP contribution in [0.2, 0.25) is 0 Å². The van der Waals surface area contributed by atoms with Crippen LogP contribution in [0.1, 0.15) is 11.1 Å². The molecule has 1 nitrogen and oxygen atoms in total. The van der Waals surface area contributed by atoms with Crippen LogP contribution in [0.25, 0.3) is 0 Å². The molecule has 0 amide bonds. The maximum Gasteiger partial charge on any atom is 0.330 e. The van der Waals surface area contributed by atoms with Gasteiger partial charge in [-0.2, -0.15) is 0 Å². The molecule has 0 saturated carbocycles. The Kier molecular flexibility index (Phi) is 4.00. The van der Waals surface area contributed by atoms with E-state index >= 15 is 0 Å². The maximum atomic E-state index is 5.60. The van der Waals surface area contributed by atoms with Crippen molar-refractivity contribution in [3.05, 3.63) is 65.7 Å². The van der Waals surface area contributed by atoms with Crippen molar-refractivity contribution < 1.29 is 4.65 Å². The van der Waals surface area contributed by atoms with Crippen LogP contribution in [0.5, 0.6) is 0 Å². The van der Waals surface area contributed by atoms with E-state index in [1.54, 1.807) is 7.11 Å². The Morgan fingerprint density at radius 3 is 2.24 bits per heavy atom. The van der Waals surface area contributed by atoms with E-state index in [4.69, 9.17) is 4.65 Å². The van der Waals surface area contributed by atoms with Crippen LogP contribution in [0.4, 0.5) is 0 Å². The van der Waals surface area contributed by atoms with Crippen molar-refractivity contribution in [2.24, 2.45) is 0 Å². The van der Waals surface area contributed by atoms with Crippen LogP contribution in [-0.4, -0.2) is 14.0 Å². The maximum absolute atomic E-state index is 5.60. The number of benzene rings is 2. The molecular weight excluding hydrogens is 207 g/mol. The number of rotatable bonds is 4. The first-order valence-electron chi connectivity index (χ1n) is 5.93. The SMILES string of the molecule is COB(Cc1ccccc1C)c1ccccc1. The van der Waals surface area contributed by atoms with E-state index in [0.717, 1.165) is 6.32 Å². The normalized spacial score (nSPS) is 10.2. The molecule has 17 heavy (non-hydrogen) atoms. The summed E-state index contributed by atoms with van der Waals surface area (Å²) in [5, 5.41) is 0. The molecule has 2 rings (SSSR count). The van der Waals surface area contributed by atoms with E-state index in [0.29, 0.717) is 0 Å². The highest BCUT2D eigenvalue weighted by Crippen LogP contribution is 2.09. The second kappa shape index (κ2) is 5.69. The topological polar surface area (TPSA) is 9.23 Å². The largest absolute Gasteiger partial charge is 0.433 e. The molecule has 0 aliphatic rings. The smallest absolute Gasteiger partial charge is 0.330 e. The molecule has 0 aliphatic heterocycles. The van der Waals surface area contributed by atoms with Gasteiger partial charge in [-0.15, -0.1) is 0 Å². The first kappa shape index (κ1) is 11.9. The number of hydrogen-bond donors (Lipinski definition) is 0. The lowest BCUT2D eigenvalue weighted by atomic mass is 9.56. The number of aryl methyl sites for hydroxylation is 1. The van der Waals surface area contributed by atoms with E-state index < -0.39 is 0 Å². The monoisotopic (exact) mass is 224 g/mol. The van der Waals surface area contributed by atoms with E-state index in [2.05, 4.69) is 55.5 Å². The summed E-state index contributed by atoms with van der Waals surface area (Å²) in [6.45, 7) is 2.28. The number of hydrogen-bond acceptors (Lipinski definition) is 1. The summed E-state index contributed by atoms with van der Waals surface area (Å²) < 4.78 is 5.60. The van der Waals surface area contributed by atoms with E-state index in [-0.39, 0.29) is 6.92 Å². The Bertz CT molecular complexity index is 467. The van der Waals surface area contributed by atoms with Crippen LogP contribution in [-0.2, 0) is 11.0 Å². The van der Waals surface area contributed by atoms with Crippen LogP contribution in [0.15, 0.2) is 54.6 Å². The van der Waals surface area contributed by atoms with Gasteiger partial charge in [0.15, 0.2) is 0 Å². The molecule has 0 atom stereocenters. The molecule has 0 saturated heterocycles. The molecule has 0 spiro atoms. The van der Waals surface area contributed by atoms with E-state index in [1.165, 1.54) is 16.6 Å². The average molecular weight is 224 g/mol. The van der Waals surface area contributed by atoms with Crippen LogP contribution in [0, 0.1) is 6.92 Å². The Balaban J connectivity index is 2.19. The van der Waals surface area contributed by atoms with E-state index in [9.17, 15) is 0 Å². The van der Waals surface area contributed by atoms with Crippen LogP contribution >= 0.6 is 0 Å². The zero-order valence-electron chi connectivity index (χ0n) is 10.4. The molecule has 86 valence electrons. The fourth-order valence-electron chi connectivity index (χ4n) is 2.04. The summed E-state index contributed by atoms with van der Waals surface area (Å²) in [6, 6.07) is 18.8. The minimum Gasteiger partial charge on any atom is -0.433 e. The van der Waals surface area contributed by atoms with Gasteiger partial charge in [-0.05, 0) is 29.8 Å². The van der Waals surface area contributed by atoms with Crippen molar-refractivity contribution in [3.63, 3.8) is 0 Å².